The van der Waals surface area contributed by atoms with Crippen molar-refractivity contribution in [2.24, 2.45) is 0 Å². The third kappa shape index (κ3) is 3.19. The molecule has 0 spiro atoms. The molecule has 2 atom stereocenters. The highest BCUT2D eigenvalue weighted by Gasteiger charge is 2.15. The van der Waals surface area contributed by atoms with E-state index in [0.29, 0.717) is 10.5 Å². The van der Waals surface area contributed by atoms with E-state index in [1.165, 1.54) is 17.8 Å². The zero-order chi connectivity index (χ0) is 11.4. The molecule has 0 aromatic heterocycles. The molecule has 0 radical (unpaired) electrons. The molecule has 0 bridgehead atoms. The Balaban J connectivity index is 3.02. The Morgan fingerprint density at radius 3 is 2.60 bits per heavy atom. The van der Waals surface area contributed by atoms with Crippen LogP contribution in [0, 0.1) is 5.82 Å². The predicted molar refractivity (Wildman–Crippen MR) is 59.4 cm³/mol. The van der Waals surface area contributed by atoms with Crippen LogP contribution in [0.1, 0.15) is 25.5 Å². The van der Waals surface area contributed by atoms with Crippen LogP contribution in [-0.4, -0.2) is 22.1 Å². The molecular formula is C11H15FO2S. The van der Waals surface area contributed by atoms with E-state index in [2.05, 4.69) is 0 Å². The number of aliphatic hydroxyl groups excluding tert-OH is 2. The maximum absolute atomic E-state index is 13.5. The summed E-state index contributed by atoms with van der Waals surface area (Å²) in [4.78, 5) is 0.425. The third-order valence-electron chi connectivity index (χ3n) is 2.02. The molecule has 0 amide bonds. The van der Waals surface area contributed by atoms with Crippen LogP contribution in [-0.2, 0) is 0 Å². The first kappa shape index (κ1) is 12.5. The molecule has 1 aromatic rings. The first-order valence-corrected chi connectivity index (χ1v) is 5.68. The van der Waals surface area contributed by atoms with E-state index in [-0.39, 0.29) is 17.7 Å². The van der Waals surface area contributed by atoms with Crippen molar-refractivity contribution in [3.8, 4) is 0 Å². The Morgan fingerprint density at radius 2 is 2.07 bits per heavy atom. The average molecular weight is 230 g/mol. The van der Waals surface area contributed by atoms with Gasteiger partial charge in [-0.05, 0) is 18.6 Å². The van der Waals surface area contributed by atoms with Crippen LogP contribution in [0.2, 0.25) is 0 Å². The highest BCUT2D eigenvalue weighted by atomic mass is 32.2. The van der Waals surface area contributed by atoms with Crippen molar-refractivity contribution in [1.29, 1.82) is 0 Å². The summed E-state index contributed by atoms with van der Waals surface area (Å²) in [5.41, 5.74) is 0.570. The summed E-state index contributed by atoms with van der Waals surface area (Å²) in [6, 6.07) is 4.63. The third-order valence-corrected chi connectivity index (χ3v) is 3.24. The van der Waals surface area contributed by atoms with Crippen LogP contribution in [0.15, 0.2) is 23.1 Å². The maximum Gasteiger partial charge on any atom is 0.137 e. The lowest BCUT2D eigenvalue weighted by atomic mass is 10.1. The minimum atomic E-state index is -0.700. The Kier molecular flexibility index (Phi) is 4.57. The molecule has 0 fully saturated rings. The summed E-state index contributed by atoms with van der Waals surface area (Å²) in [5.74, 6) is -0.348. The van der Waals surface area contributed by atoms with Gasteiger partial charge < -0.3 is 10.2 Å². The predicted octanol–water partition coefficient (Wildman–Crippen LogP) is 2.35. The van der Waals surface area contributed by atoms with Crippen LogP contribution in [0.3, 0.4) is 0 Å². The van der Waals surface area contributed by atoms with Gasteiger partial charge in [-0.25, -0.2) is 4.39 Å². The molecule has 1 aromatic carbocycles. The molecule has 2 nitrogen and oxygen atoms in total. The van der Waals surface area contributed by atoms with Crippen molar-refractivity contribution in [3.63, 3.8) is 0 Å². The molecule has 1 rings (SSSR count). The number of aliphatic hydroxyl groups is 2. The van der Waals surface area contributed by atoms with Crippen molar-refractivity contribution in [3.05, 3.63) is 29.6 Å². The lowest BCUT2D eigenvalue weighted by molar-refractivity contribution is 0.195. The first-order chi connectivity index (χ1) is 7.06. The van der Waals surface area contributed by atoms with E-state index in [9.17, 15) is 9.50 Å². The molecule has 0 aliphatic carbocycles. The van der Waals surface area contributed by atoms with Gasteiger partial charge in [0, 0.05) is 10.1 Å². The molecular weight excluding hydrogens is 215 g/mol. The average Bonchev–Trinajstić information content (AvgIpc) is 2.20. The minimum absolute atomic E-state index is 0.0156. The van der Waals surface area contributed by atoms with Crippen molar-refractivity contribution < 1.29 is 14.6 Å². The van der Waals surface area contributed by atoms with Gasteiger partial charge in [0.15, 0.2) is 0 Å². The second-order valence-corrected chi connectivity index (χ2v) is 4.89. The standard InChI is InChI=1S/C11H15FO2S/c1-7(6-13)15-11-9(8(2)14)4-3-5-10(11)12/h3-5,7-8,13-14H,6H2,1-2H3. The smallest absolute Gasteiger partial charge is 0.137 e. The van der Waals surface area contributed by atoms with Gasteiger partial charge >= 0.3 is 0 Å². The van der Waals surface area contributed by atoms with Crippen molar-refractivity contribution >= 4 is 11.8 Å². The van der Waals surface area contributed by atoms with E-state index < -0.39 is 6.10 Å². The summed E-state index contributed by atoms with van der Waals surface area (Å²) in [7, 11) is 0. The van der Waals surface area contributed by atoms with E-state index >= 15 is 0 Å². The van der Waals surface area contributed by atoms with E-state index in [1.54, 1.807) is 19.1 Å². The maximum atomic E-state index is 13.5. The van der Waals surface area contributed by atoms with Crippen molar-refractivity contribution in [2.45, 2.75) is 30.1 Å². The molecule has 0 aliphatic rings. The number of thioether (sulfide) groups is 1. The zero-order valence-electron chi connectivity index (χ0n) is 8.77. The molecule has 4 heteroatoms. The van der Waals surface area contributed by atoms with E-state index in [1.807, 2.05) is 6.92 Å². The van der Waals surface area contributed by atoms with Crippen molar-refractivity contribution in [1.82, 2.24) is 0 Å². The first-order valence-electron chi connectivity index (χ1n) is 4.80. The highest BCUT2D eigenvalue weighted by molar-refractivity contribution is 8.00. The Bertz CT molecular complexity index is 328. The Labute approximate surface area is 93.1 Å². The van der Waals surface area contributed by atoms with Crippen molar-refractivity contribution in [2.75, 3.05) is 6.61 Å². The Morgan fingerprint density at radius 1 is 1.40 bits per heavy atom. The van der Waals surface area contributed by atoms with Crippen LogP contribution < -0.4 is 0 Å². The summed E-state index contributed by atoms with van der Waals surface area (Å²) in [5, 5.41) is 18.3. The number of benzene rings is 1. The summed E-state index contributed by atoms with van der Waals surface area (Å²) in [6.07, 6.45) is -0.700. The van der Waals surface area contributed by atoms with Gasteiger partial charge in [-0.15, -0.1) is 11.8 Å². The largest absolute Gasteiger partial charge is 0.395 e. The normalized spacial score (nSPS) is 15.0. The van der Waals surface area contributed by atoms with E-state index in [0.717, 1.165) is 0 Å². The van der Waals surface area contributed by atoms with Gasteiger partial charge in [-0.2, -0.15) is 0 Å². The fourth-order valence-electron chi connectivity index (χ4n) is 1.22. The summed E-state index contributed by atoms with van der Waals surface area (Å²) < 4.78 is 13.5. The second kappa shape index (κ2) is 5.49. The molecule has 0 aliphatic heterocycles. The highest BCUT2D eigenvalue weighted by Crippen LogP contribution is 2.32. The van der Waals surface area contributed by atoms with Crippen LogP contribution in [0.25, 0.3) is 0 Å². The van der Waals surface area contributed by atoms with Crippen LogP contribution in [0.5, 0.6) is 0 Å². The second-order valence-electron chi connectivity index (χ2n) is 3.45. The molecule has 0 heterocycles. The molecule has 84 valence electrons. The van der Waals surface area contributed by atoms with Crippen LogP contribution in [0.4, 0.5) is 4.39 Å². The number of rotatable bonds is 4. The molecule has 2 unspecified atom stereocenters. The van der Waals surface area contributed by atoms with Gasteiger partial charge in [0.05, 0.1) is 12.7 Å². The summed E-state index contributed by atoms with van der Waals surface area (Å²) >= 11 is 1.24. The number of halogens is 1. The molecule has 15 heavy (non-hydrogen) atoms. The zero-order valence-corrected chi connectivity index (χ0v) is 9.59. The van der Waals surface area contributed by atoms with E-state index in [4.69, 9.17) is 5.11 Å². The summed E-state index contributed by atoms with van der Waals surface area (Å²) in [6.45, 7) is 3.39. The Hall–Kier alpha value is -0.580. The lowest BCUT2D eigenvalue weighted by Crippen LogP contribution is -2.05. The van der Waals surface area contributed by atoms with Crippen LogP contribution >= 0.6 is 11.8 Å². The minimum Gasteiger partial charge on any atom is -0.395 e. The van der Waals surface area contributed by atoms with Gasteiger partial charge in [-0.1, -0.05) is 19.1 Å². The topological polar surface area (TPSA) is 40.5 Å². The number of hydrogen-bond acceptors (Lipinski definition) is 3. The van der Waals surface area contributed by atoms with Gasteiger partial charge in [-0.3, -0.25) is 0 Å². The quantitative estimate of drug-likeness (QED) is 0.780. The fourth-order valence-corrected chi connectivity index (χ4v) is 2.25. The lowest BCUT2D eigenvalue weighted by Gasteiger charge is -2.15. The number of hydrogen-bond donors (Lipinski definition) is 2. The monoisotopic (exact) mass is 230 g/mol. The molecule has 0 saturated carbocycles. The molecule has 0 saturated heterocycles. The molecule has 2 N–H and O–H groups in total. The van der Waals surface area contributed by atoms with Gasteiger partial charge in [0.2, 0.25) is 0 Å². The van der Waals surface area contributed by atoms with Gasteiger partial charge in [0.1, 0.15) is 5.82 Å². The fraction of sp³-hybridized carbons (Fsp3) is 0.455. The van der Waals surface area contributed by atoms with Gasteiger partial charge in [0.25, 0.3) is 0 Å². The SMILES string of the molecule is CC(CO)Sc1c(F)cccc1C(C)O.